The number of carbonyl (C=O) groups excluding carboxylic acids is 1. The molecule has 0 saturated heterocycles. The maximum absolute atomic E-state index is 12.2. The molecule has 0 spiro atoms. The van der Waals surface area contributed by atoms with Gasteiger partial charge in [0.25, 0.3) is 6.43 Å². The zero-order valence-electron chi connectivity index (χ0n) is 10.0. The lowest BCUT2D eigenvalue weighted by molar-refractivity contribution is 0.0902. The van der Waals surface area contributed by atoms with Crippen molar-refractivity contribution in [1.29, 1.82) is 0 Å². The maximum Gasteiger partial charge on any atom is 0.317 e. The van der Waals surface area contributed by atoms with Gasteiger partial charge in [-0.15, -0.1) is 0 Å². The van der Waals surface area contributed by atoms with E-state index in [9.17, 15) is 13.6 Å². The molecule has 0 saturated carbocycles. The normalized spacial score (nSPS) is 10.6. The first-order valence-corrected chi connectivity index (χ1v) is 5.93. The number of pyridine rings is 1. The highest BCUT2D eigenvalue weighted by molar-refractivity contribution is 6.30. The quantitative estimate of drug-likeness (QED) is 0.835. The Kier molecular flexibility index (Phi) is 6.44. The van der Waals surface area contributed by atoms with Gasteiger partial charge in [-0.1, -0.05) is 11.6 Å². The van der Waals surface area contributed by atoms with Gasteiger partial charge in [-0.3, -0.25) is 4.98 Å². The first kappa shape index (κ1) is 15.6. The molecule has 0 aliphatic heterocycles. The van der Waals surface area contributed by atoms with Crippen LogP contribution in [0.3, 0.4) is 0 Å². The molecule has 0 aliphatic carbocycles. The van der Waals surface area contributed by atoms with Gasteiger partial charge in [0.05, 0.1) is 30.4 Å². The lowest BCUT2D eigenvalue weighted by Crippen LogP contribution is -2.43. The van der Waals surface area contributed by atoms with Crippen LogP contribution in [-0.4, -0.2) is 47.1 Å². The van der Waals surface area contributed by atoms with Gasteiger partial charge in [0, 0.05) is 12.7 Å². The second-order valence-corrected chi connectivity index (χ2v) is 4.12. The van der Waals surface area contributed by atoms with E-state index in [0.29, 0.717) is 10.7 Å². The first-order chi connectivity index (χ1) is 9.02. The maximum atomic E-state index is 12.2. The lowest BCUT2D eigenvalue weighted by atomic mass is 10.3. The van der Waals surface area contributed by atoms with Crippen LogP contribution in [0.15, 0.2) is 18.3 Å². The Hall–Kier alpha value is -1.47. The van der Waals surface area contributed by atoms with Gasteiger partial charge in [-0.25, -0.2) is 13.6 Å². The van der Waals surface area contributed by atoms with Gasteiger partial charge in [-0.05, 0) is 12.1 Å². The zero-order chi connectivity index (χ0) is 14.3. The Labute approximate surface area is 114 Å². The summed E-state index contributed by atoms with van der Waals surface area (Å²) in [5.74, 6) is 0. The zero-order valence-corrected chi connectivity index (χ0v) is 10.8. The van der Waals surface area contributed by atoms with Crippen LogP contribution in [0.5, 0.6) is 0 Å². The molecule has 0 radical (unpaired) electrons. The summed E-state index contributed by atoms with van der Waals surface area (Å²) in [6.45, 7) is -1.15. The second-order valence-electron chi connectivity index (χ2n) is 3.69. The van der Waals surface area contributed by atoms with E-state index >= 15 is 0 Å². The number of nitrogens with zero attached hydrogens (tertiary/aromatic N) is 2. The second kappa shape index (κ2) is 7.85. The van der Waals surface area contributed by atoms with Gasteiger partial charge in [0.1, 0.15) is 0 Å². The Morgan fingerprint density at radius 2 is 2.26 bits per heavy atom. The van der Waals surface area contributed by atoms with Crippen molar-refractivity contribution in [2.24, 2.45) is 0 Å². The van der Waals surface area contributed by atoms with Gasteiger partial charge >= 0.3 is 6.03 Å². The van der Waals surface area contributed by atoms with Crippen LogP contribution in [0.2, 0.25) is 5.02 Å². The number of halogens is 3. The highest BCUT2D eigenvalue weighted by Gasteiger charge is 2.17. The number of carbonyl (C=O) groups is 1. The van der Waals surface area contributed by atoms with Crippen LogP contribution in [0.1, 0.15) is 5.69 Å². The Morgan fingerprint density at radius 1 is 1.53 bits per heavy atom. The van der Waals surface area contributed by atoms with Gasteiger partial charge in [0.2, 0.25) is 0 Å². The Bertz CT molecular complexity index is 403. The minimum absolute atomic E-state index is 0.0984. The molecule has 106 valence electrons. The van der Waals surface area contributed by atoms with Crippen LogP contribution in [0.25, 0.3) is 0 Å². The fourth-order valence-electron chi connectivity index (χ4n) is 1.35. The third-order valence-corrected chi connectivity index (χ3v) is 2.45. The number of nitrogens with one attached hydrogen (secondary N) is 1. The molecule has 1 aromatic heterocycles. The largest absolute Gasteiger partial charge is 0.395 e. The van der Waals surface area contributed by atoms with Crippen LogP contribution in [0.4, 0.5) is 13.6 Å². The van der Waals surface area contributed by atoms with Crippen molar-refractivity contribution >= 4 is 17.6 Å². The van der Waals surface area contributed by atoms with Crippen molar-refractivity contribution in [3.63, 3.8) is 0 Å². The molecule has 0 atom stereocenters. The third-order valence-electron chi connectivity index (χ3n) is 2.22. The molecule has 0 unspecified atom stereocenters. The smallest absolute Gasteiger partial charge is 0.317 e. The summed E-state index contributed by atoms with van der Waals surface area (Å²) < 4.78 is 24.5. The van der Waals surface area contributed by atoms with Crippen molar-refractivity contribution in [2.75, 3.05) is 19.7 Å². The number of aliphatic hydroxyl groups excluding tert-OH is 1. The number of hydrogen-bond acceptors (Lipinski definition) is 3. The molecule has 19 heavy (non-hydrogen) atoms. The molecule has 0 bridgehead atoms. The number of hydrogen-bond donors (Lipinski definition) is 2. The Morgan fingerprint density at radius 3 is 2.79 bits per heavy atom. The molecular weight excluding hydrogens is 280 g/mol. The molecule has 8 heteroatoms. The van der Waals surface area contributed by atoms with Gasteiger partial charge in [0.15, 0.2) is 0 Å². The van der Waals surface area contributed by atoms with Crippen LogP contribution < -0.4 is 5.32 Å². The topological polar surface area (TPSA) is 65.5 Å². The van der Waals surface area contributed by atoms with Gasteiger partial charge < -0.3 is 15.3 Å². The molecule has 0 fully saturated rings. The summed E-state index contributed by atoms with van der Waals surface area (Å²) in [5.41, 5.74) is 0.554. The highest BCUT2D eigenvalue weighted by atomic mass is 35.5. The molecule has 2 N–H and O–H groups in total. The standard InChI is InChI=1S/C11H14ClF2N3O2/c12-8-1-2-9(15-5-8)6-16-11(19)17(3-4-18)7-10(13)14/h1-2,5,10,18H,3-4,6-7H2,(H,16,19). The minimum atomic E-state index is -2.65. The van der Waals surface area contributed by atoms with Gasteiger partial charge in [-0.2, -0.15) is 0 Å². The van der Waals surface area contributed by atoms with Crippen LogP contribution in [0, 0.1) is 0 Å². The molecule has 0 aliphatic rings. The van der Waals surface area contributed by atoms with E-state index in [-0.39, 0.29) is 19.7 Å². The average molecular weight is 294 g/mol. The van der Waals surface area contributed by atoms with Crippen molar-refractivity contribution in [3.05, 3.63) is 29.0 Å². The van der Waals surface area contributed by atoms with Crippen molar-refractivity contribution in [2.45, 2.75) is 13.0 Å². The van der Waals surface area contributed by atoms with E-state index < -0.39 is 19.0 Å². The van der Waals surface area contributed by atoms with E-state index in [1.165, 1.54) is 6.20 Å². The lowest BCUT2D eigenvalue weighted by Gasteiger charge is -2.21. The fourth-order valence-corrected chi connectivity index (χ4v) is 1.46. The number of rotatable bonds is 6. The molecule has 1 heterocycles. The summed E-state index contributed by atoms with van der Waals surface area (Å²) in [4.78, 5) is 16.4. The summed E-state index contributed by atoms with van der Waals surface area (Å²) in [5, 5.41) is 11.6. The van der Waals surface area contributed by atoms with E-state index in [1.807, 2.05) is 0 Å². The number of amides is 2. The number of aliphatic hydroxyl groups is 1. The van der Waals surface area contributed by atoms with Crippen molar-refractivity contribution < 1.29 is 18.7 Å². The molecule has 5 nitrogen and oxygen atoms in total. The van der Waals surface area contributed by atoms with E-state index in [1.54, 1.807) is 12.1 Å². The first-order valence-electron chi connectivity index (χ1n) is 5.55. The predicted molar refractivity (Wildman–Crippen MR) is 66.1 cm³/mol. The van der Waals surface area contributed by atoms with E-state index in [4.69, 9.17) is 16.7 Å². The SMILES string of the molecule is O=C(NCc1ccc(Cl)cn1)N(CCO)CC(F)F. The summed E-state index contributed by atoms with van der Waals surface area (Å²) in [6, 6.07) is 2.55. The number of urea groups is 1. The fraction of sp³-hybridized carbons (Fsp3) is 0.455. The monoisotopic (exact) mass is 293 g/mol. The van der Waals surface area contributed by atoms with E-state index in [0.717, 1.165) is 4.90 Å². The summed E-state index contributed by atoms with van der Waals surface area (Å²) in [7, 11) is 0. The summed E-state index contributed by atoms with van der Waals surface area (Å²) >= 11 is 5.65. The van der Waals surface area contributed by atoms with Crippen LogP contribution in [-0.2, 0) is 6.54 Å². The van der Waals surface area contributed by atoms with Crippen molar-refractivity contribution in [3.8, 4) is 0 Å². The summed E-state index contributed by atoms with van der Waals surface area (Å²) in [6.07, 6.45) is -1.22. The average Bonchev–Trinajstić information content (AvgIpc) is 2.37. The molecule has 1 rings (SSSR count). The molecule has 2 amide bonds. The van der Waals surface area contributed by atoms with Crippen molar-refractivity contribution in [1.82, 2.24) is 15.2 Å². The Balaban J connectivity index is 2.49. The predicted octanol–water partition coefficient (Wildman–Crippen LogP) is 1.50. The number of aromatic nitrogens is 1. The molecule has 0 aromatic carbocycles. The molecule has 1 aromatic rings. The molecular formula is C11H14ClF2N3O2. The highest BCUT2D eigenvalue weighted by Crippen LogP contribution is 2.06. The van der Waals surface area contributed by atoms with E-state index in [2.05, 4.69) is 10.3 Å². The third kappa shape index (κ3) is 5.80. The minimum Gasteiger partial charge on any atom is -0.395 e. The van der Waals surface area contributed by atoms with Crippen LogP contribution >= 0.6 is 11.6 Å². The number of alkyl halides is 2.